The van der Waals surface area contributed by atoms with Crippen LogP contribution >= 0.6 is 0 Å². The van der Waals surface area contributed by atoms with Crippen molar-refractivity contribution < 1.29 is 19.4 Å². The van der Waals surface area contributed by atoms with Crippen molar-refractivity contribution in [1.29, 1.82) is 0 Å². The second kappa shape index (κ2) is 6.64. The summed E-state index contributed by atoms with van der Waals surface area (Å²) in [7, 11) is 0. The normalized spacial score (nSPS) is 11.9. The van der Waals surface area contributed by atoms with Gasteiger partial charge in [-0.05, 0) is 24.5 Å². The lowest BCUT2D eigenvalue weighted by Crippen LogP contribution is -2.30. The van der Waals surface area contributed by atoms with Crippen LogP contribution in [0.1, 0.15) is 20.3 Å². The van der Waals surface area contributed by atoms with E-state index in [0.29, 0.717) is 5.69 Å². The predicted octanol–water partition coefficient (Wildman–Crippen LogP) is 2.73. The van der Waals surface area contributed by atoms with Crippen LogP contribution < -0.4 is 5.32 Å². The van der Waals surface area contributed by atoms with Gasteiger partial charge in [0.1, 0.15) is 0 Å². The fourth-order valence-electron chi connectivity index (χ4n) is 1.43. The first kappa shape index (κ1) is 14.0. The van der Waals surface area contributed by atoms with Gasteiger partial charge >= 0.3 is 12.1 Å². The second-order valence-corrected chi connectivity index (χ2v) is 4.35. The van der Waals surface area contributed by atoms with Crippen molar-refractivity contribution in [3.63, 3.8) is 0 Å². The molecule has 0 aliphatic carbocycles. The Bertz CT molecular complexity index is 403. The lowest BCUT2D eigenvalue weighted by molar-refractivity contribution is -0.147. The number of nitrogens with one attached hydrogen (secondary N) is 1. The number of ether oxygens (including phenoxy) is 1. The summed E-state index contributed by atoms with van der Waals surface area (Å²) in [6.07, 6.45) is -1.58. The van der Waals surface area contributed by atoms with Gasteiger partial charge in [0.05, 0.1) is 0 Å². The Morgan fingerprint density at radius 2 is 1.89 bits per heavy atom. The molecule has 2 N–H and O–H groups in total. The van der Waals surface area contributed by atoms with Gasteiger partial charge in [0.15, 0.2) is 0 Å². The molecule has 98 valence electrons. The molecule has 0 bridgehead atoms. The van der Waals surface area contributed by atoms with E-state index in [0.717, 1.165) is 0 Å². The lowest BCUT2D eigenvalue weighted by atomic mass is 10.1. The van der Waals surface area contributed by atoms with Gasteiger partial charge in [-0.1, -0.05) is 32.0 Å². The zero-order valence-corrected chi connectivity index (χ0v) is 10.4. The van der Waals surface area contributed by atoms with E-state index in [1.54, 1.807) is 24.3 Å². The van der Waals surface area contributed by atoms with Crippen LogP contribution in [0.15, 0.2) is 30.3 Å². The minimum absolute atomic E-state index is 0.135. The third-order valence-corrected chi connectivity index (χ3v) is 2.23. The Labute approximate surface area is 106 Å². The van der Waals surface area contributed by atoms with Gasteiger partial charge in [0.2, 0.25) is 6.10 Å². The molecule has 0 saturated heterocycles. The summed E-state index contributed by atoms with van der Waals surface area (Å²) < 4.78 is 4.88. The standard InChI is InChI=1S/C13H17NO4/c1-9(2)8-11(12(15)16)18-13(17)14-10-6-4-3-5-7-10/h3-7,9,11H,8H2,1-2H3,(H,14,17)(H,15,16)/t11-/m0/s1. The maximum atomic E-state index is 11.5. The average molecular weight is 251 g/mol. The summed E-state index contributed by atoms with van der Waals surface area (Å²) in [6, 6.07) is 8.73. The van der Waals surface area contributed by atoms with E-state index in [9.17, 15) is 9.59 Å². The van der Waals surface area contributed by atoms with Gasteiger partial charge in [0.25, 0.3) is 0 Å². The molecule has 0 radical (unpaired) electrons. The molecule has 0 aliphatic heterocycles. The van der Waals surface area contributed by atoms with Crippen molar-refractivity contribution in [3.05, 3.63) is 30.3 Å². The number of carboxylic acid groups (broad SMARTS) is 1. The number of carboxylic acids is 1. The van der Waals surface area contributed by atoms with E-state index in [-0.39, 0.29) is 12.3 Å². The molecule has 1 atom stereocenters. The maximum Gasteiger partial charge on any atom is 0.412 e. The molecule has 0 aliphatic rings. The topological polar surface area (TPSA) is 75.6 Å². The highest BCUT2D eigenvalue weighted by molar-refractivity contribution is 5.86. The summed E-state index contributed by atoms with van der Waals surface area (Å²) in [5.41, 5.74) is 0.566. The van der Waals surface area contributed by atoms with Gasteiger partial charge in [-0.3, -0.25) is 5.32 Å². The first-order valence-corrected chi connectivity index (χ1v) is 5.74. The number of aliphatic carboxylic acids is 1. The minimum atomic E-state index is -1.13. The number of para-hydroxylation sites is 1. The van der Waals surface area contributed by atoms with Crippen molar-refractivity contribution in [2.45, 2.75) is 26.4 Å². The summed E-state index contributed by atoms with van der Waals surface area (Å²) in [4.78, 5) is 22.4. The Hall–Kier alpha value is -2.04. The summed E-state index contributed by atoms with van der Waals surface area (Å²) in [5.74, 6) is -0.998. The molecule has 5 nitrogen and oxygen atoms in total. The van der Waals surface area contributed by atoms with Gasteiger partial charge in [-0.25, -0.2) is 9.59 Å². The van der Waals surface area contributed by atoms with Crippen molar-refractivity contribution in [2.24, 2.45) is 5.92 Å². The lowest BCUT2D eigenvalue weighted by Gasteiger charge is -2.15. The Kier molecular flexibility index (Phi) is 5.17. The molecular weight excluding hydrogens is 234 g/mol. The molecule has 1 aromatic rings. The van der Waals surface area contributed by atoms with E-state index in [1.807, 2.05) is 19.9 Å². The number of hydrogen-bond donors (Lipinski definition) is 2. The summed E-state index contributed by atoms with van der Waals surface area (Å²) in [5, 5.41) is 11.4. The van der Waals surface area contributed by atoms with E-state index in [1.165, 1.54) is 0 Å². The van der Waals surface area contributed by atoms with Crippen molar-refractivity contribution in [3.8, 4) is 0 Å². The fraction of sp³-hybridized carbons (Fsp3) is 0.385. The molecule has 0 unspecified atom stereocenters. The number of carbonyl (C=O) groups excluding carboxylic acids is 1. The van der Waals surface area contributed by atoms with Gasteiger partial charge < -0.3 is 9.84 Å². The van der Waals surface area contributed by atoms with Crippen molar-refractivity contribution in [1.82, 2.24) is 0 Å². The Morgan fingerprint density at radius 1 is 1.28 bits per heavy atom. The van der Waals surface area contributed by atoms with Crippen molar-refractivity contribution >= 4 is 17.7 Å². The molecular formula is C13H17NO4. The van der Waals surface area contributed by atoms with Crippen LogP contribution in [0.25, 0.3) is 0 Å². The zero-order valence-electron chi connectivity index (χ0n) is 10.4. The van der Waals surface area contributed by atoms with Gasteiger partial charge in [-0.15, -0.1) is 0 Å². The molecule has 1 amide bonds. The highest BCUT2D eigenvalue weighted by atomic mass is 16.6. The van der Waals surface area contributed by atoms with Crippen LogP contribution in [-0.2, 0) is 9.53 Å². The van der Waals surface area contributed by atoms with E-state index >= 15 is 0 Å². The number of rotatable bonds is 5. The highest BCUT2D eigenvalue weighted by Crippen LogP contribution is 2.11. The van der Waals surface area contributed by atoms with Crippen LogP contribution in [0.3, 0.4) is 0 Å². The SMILES string of the molecule is CC(C)C[C@H](OC(=O)Nc1ccccc1)C(=O)O. The molecule has 0 saturated carbocycles. The van der Waals surface area contributed by atoms with Crippen molar-refractivity contribution in [2.75, 3.05) is 5.32 Å². The molecule has 0 aromatic heterocycles. The third-order valence-electron chi connectivity index (χ3n) is 2.23. The smallest absolute Gasteiger partial charge is 0.412 e. The molecule has 1 rings (SSSR count). The third kappa shape index (κ3) is 4.86. The van der Waals surface area contributed by atoms with Crippen LogP contribution in [0.2, 0.25) is 0 Å². The van der Waals surface area contributed by atoms with Crippen LogP contribution in [0.4, 0.5) is 10.5 Å². The first-order chi connectivity index (χ1) is 8.49. The fourth-order valence-corrected chi connectivity index (χ4v) is 1.43. The van der Waals surface area contributed by atoms with Crippen LogP contribution in [0.5, 0.6) is 0 Å². The molecule has 18 heavy (non-hydrogen) atoms. The number of benzene rings is 1. The molecule has 0 spiro atoms. The van der Waals surface area contributed by atoms with E-state index in [2.05, 4.69) is 5.32 Å². The van der Waals surface area contributed by atoms with Crippen LogP contribution in [-0.4, -0.2) is 23.3 Å². The van der Waals surface area contributed by atoms with Gasteiger partial charge in [0, 0.05) is 5.69 Å². The number of amides is 1. The predicted molar refractivity (Wildman–Crippen MR) is 67.4 cm³/mol. The zero-order chi connectivity index (χ0) is 13.5. The molecule has 1 aromatic carbocycles. The van der Waals surface area contributed by atoms with Gasteiger partial charge in [-0.2, -0.15) is 0 Å². The second-order valence-electron chi connectivity index (χ2n) is 4.35. The van der Waals surface area contributed by atoms with E-state index in [4.69, 9.17) is 9.84 Å². The quantitative estimate of drug-likeness (QED) is 0.843. The Morgan fingerprint density at radius 3 is 2.39 bits per heavy atom. The molecule has 0 fully saturated rings. The Balaban J connectivity index is 2.54. The minimum Gasteiger partial charge on any atom is -0.479 e. The molecule has 5 heteroatoms. The summed E-state index contributed by atoms with van der Waals surface area (Å²) >= 11 is 0. The maximum absolute atomic E-state index is 11.5. The highest BCUT2D eigenvalue weighted by Gasteiger charge is 2.23. The number of anilines is 1. The van der Waals surface area contributed by atoms with E-state index < -0.39 is 18.2 Å². The molecule has 0 heterocycles. The average Bonchev–Trinajstić information content (AvgIpc) is 2.28. The van der Waals surface area contributed by atoms with Crippen LogP contribution in [0, 0.1) is 5.92 Å². The monoisotopic (exact) mass is 251 g/mol. The number of carbonyl (C=O) groups is 2. The number of hydrogen-bond acceptors (Lipinski definition) is 3. The largest absolute Gasteiger partial charge is 0.479 e. The summed E-state index contributed by atoms with van der Waals surface area (Å²) in [6.45, 7) is 3.74. The first-order valence-electron chi connectivity index (χ1n) is 5.74.